The Balaban J connectivity index is 1.76. The van der Waals surface area contributed by atoms with Crippen molar-refractivity contribution in [3.63, 3.8) is 0 Å². The van der Waals surface area contributed by atoms with Crippen molar-refractivity contribution in [2.45, 2.75) is 64.1 Å². The van der Waals surface area contributed by atoms with Gasteiger partial charge < -0.3 is 15.5 Å². The molecule has 0 aliphatic carbocycles. The molecule has 3 unspecified atom stereocenters. The smallest absolute Gasteiger partial charge is 0.244 e. The second-order valence-electron chi connectivity index (χ2n) is 6.32. The van der Waals surface area contributed by atoms with Gasteiger partial charge in [0, 0.05) is 32.1 Å². The SMILES string of the molecule is CCN(C)C(=O)C(C)NC(=O)CC1CC2CCC(C1)N2. The van der Waals surface area contributed by atoms with Gasteiger partial charge in [0.05, 0.1) is 0 Å². The lowest BCUT2D eigenvalue weighted by molar-refractivity contribution is -0.135. The molecule has 2 saturated heterocycles. The van der Waals surface area contributed by atoms with Crippen LogP contribution in [0.3, 0.4) is 0 Å². The normalized spacial score (nSPS) is 29.9. The van der Waals surface area contributed by atoms with E-state index in [-0.39, 0.29) is 11.8 Å². The van der Waals surface area contributed by atoms with Gasteiger partial charge >= 0.3 is 0 Å². The quantitative estimate of drug-likeness (QED) is 0.787. The van der Waals surface area contributed by atoms with Gasteiger partial charge in [-0.15, -0.1) is 0 Å². The first-order chi connectivity index (χ1) is 9.49. The summed E-state index contributed by atoms with van der Waals surface area (Å²) in [6, 6.07) is 0.791. The molecule has 2 aliphatic heterocycles. The van der Waals surface area contributed by atoms with E-state index in [0.29, 0.717) is 31.0 Å². The van der Waals surface area contributed by atoms with Crippen LogP contribution < -0.4 is 10.6 Å². The molecule has 2 fully saturated rings. The third-order valence-corrected chi connectivity index (χ3v) is 4.64. The van der Waals surface area contributed by atoms with E-state index in [1.165, 1.54) is 12.8 Å². The maximum Gasteiger partial charge on any atom is 0.244 e. The fourth-order valence-corrected chi connectivity index (χ4v) is 3.45. The molecule has 114 valence electrons. The fraction of sp³-hybridized carbons (Fsp3) is 0.867. The zero-order valence-corrected chi connectivity index (χ0v) is 12.8. The molecule has 0 spiro atoms. The topological polar surface area (TPSA) is 61.4 Å². The van der Waals surface area contributed by atoms with Gasteiger partial charge in [-0.05, 0) is 45.4 Å². The first-order valence-electron chi connectivity index (χ1n) is 7.80. The Morgan fingerprint density at radius 3 is 2.45 bits per heavy atom. The number of carbonyl (C=O) groups excluding carboxylic acids is 2. The number of likely N-dealkylation sites (N-methyl/N-ethyl adjacent to an activating group) is 1. The third kappa shape index (κ3) is 3.72. The average Bonchev–Trinajstić information content (AvgIpc) is 2.75. The Morgan fingerprint density at radius 2 is 1.90 bits per heavy atom. The summed E-state index contributed by atoms with van der Waals surface area (Å²) < 4.78 is 0. The summed E-state index contributed by atoms with van der Waals surface area (Å²) >= 11 is 0. The van der Waals surface area contributed by atoms with Crippen molar-refractivity contribution in [3.05, 3.63) is 0 Å². The second kappa shape index (κ2) is 6.57. The van der Waals surface area contributed by atoms with Crippen LogP contribution in [-0.2, 0) is 9.59 Å². The Morgan fingerprint density at radius 1 is 1.30 bits per heavy atom. The van der Waals surface area contributed by atoms with Gasteiger partial charge in [-0.2, -0.15) is 0 Å². The molecule has 0 radical (unpaired) electrons. The van der Waals surface area contributed by atoms with Crippen molar-refractivity contribution in [2.75, 3.05) is 13.6 Å². The maximum absolute atomic E-state index is 12.1. The lowest BCUT2D eigenvalue weighted by Gasteiger charge is -2.29. The van der Waals surface area contributed by atoms with Crippen LogP contribution in [0.2, 0.25) is 0 Å². The number of piperidine rings is 1. The molecule has 20 heavy (non-hydrogen) atoms. The number of fused-ring (bicyclic) bond motifs is 2. The van der Waals surface area contributed by atoms with E-state index in [2.05, 4.69) is 10.6 Å². The van der Waals surface area contributed by atoms with Crippen LogP contribution in [0.25, 0.3) is 0 Å². The van der Waals surface area contributed by atoms with Crippen LogP contribution in [0.4, 0.5) is 0 Å². The van der Waals surface area contributed by atoms with E-state index in [1.807, 2.05) is 6.92 Å². The molecule has 2 aliphatic rings. The molecule has 0 aromatic rings. The van der Waals surface area contributed by atoms with Gasteiger partial charge in [-0.3, -0.25) is 9.59 Å². The highest BCUT2D eigenvalue weighted by molar-refractivity contribution is 5.87. The van der Waals surface area contributed by atoms with Crippen LogP contribution >= 0.6 is 0 Å². The minimum atomic E-state index is -0.425. The summed E-state index contributed by atoms with van der Waals surface area (Å²) in [4.78, 5) is 25.6. The zero-order valence-electron chi connectivity index (χ0n) is 12.8. The number of nitrogens with one attached hydrogen (secondary N) is 2. The van der Waals surface area contributed by atoms with Crippen molar-refractivity contribution in [2.24, 2.45) is 5.92 Å². The van der Waals surface area contributed by atoms with Crippen LogP contribution in [0.5, 0.6) is 0 Å². The van der Waals surface area contributed by atoms with Crippen molar-refractivity contribution < 1.29 is 9.59 Å². The lowest BCUT2D eigenvalue weighted by atomic mass is 9.89. The molecule has 0 saturated carbocycles. The second-order valence-corrected chi connectivity index (χ2v) is 6.32. The summed E-state index contributed by atoms with van der Waals surface area (Å²) in [5, 5.41) is 6.42. The van der Waals surface area contributed by atoms with E-state index in [1.54, 1.807) is 18.9 Å². The summed E-state index contributed by atoms with van der Waals surface area (Å²) in [5.41, 5.74) is 0. The highest BCUT2D eigenvalue weighted by Gasteiger charge is 2.34. The number of hydrogen-bond acceptors (Lipinski definition) is 3. The largest absolute Gasteiger partial charge is 0.345 e. The molecule has 5 heteroatoms. The summed E-state index contributed by atoms with van der Waals surface area (Å²) in [5.74, 6) is 0.466. The van der Waals surface area contributed by atoms with Crippen LogP contribution in [0.1, 0.15) is 46.0 Å². The number of nitrogens with zero attached hydrogens (tertiary/aromatic N) is 1. The van der Waals surface area contributed by atoms with Gasteiger partial charge in [0.25, 0.3) is 0 Å². The van der Waals surface area contributed by atoms with Crippen LogP contribution in [0, 0.1) is 5.92 Å². The van der Waals surface area contributed by atoms with Gasteiger partial charge in [-0.25, -0.2) is 0 Å². The lowest BCUT2D eigenvalue weighted by Crippen LogP contribution is -2.46. The van der Waals surface area contributed by atoms with E-state index in [9.17, 15) is 9.59 Å². The van der Waals surface area contributed by atoms with E-state index in [4.69, 9.17) is 0 Å². The van der Waals surface area contributed by atoms with Crippen LogP contribution in [-0.4, -0.2) is 48.4 Å². The molecule has 0 aromatic carbocycles. The summed E-state index contributed by atoms with van der Waals surface area (Å²) in [6.07, 6.45) is 5.25. The Labute approximate surface area is 121 Å². The number of hydrogen-bond donors (Lipinski definition) is 2. The van der Waals surface area contributed by atoms with E-state index in [0.717, 1.165) is 12.8 Å². The molecule has 2 rings (SSSR count). The standard InChI is InChI=1S/C15H27N3O2/c1-4-18(3)15(20)10(2)16-14(19)9-11-7-12-5-6-13(8-11)17-12/h10-13,17H,4-9H2,1-3H3,(H,16,19). The summed E-state index contributed by atoms with van der Waals surface area (Å²) in [6.45, 7) is 4.35. The van der Waals surface area contributed by atoms with E-state index >= 15 is 0 Å². The van der Waals surface area contributed by atoms with Crippen molar-refractivity contribution >= 4 is 11.8 Å². The highest BCUT2D eigenvalue weighted by atomic mass is 16.2. The van der Waals surface area contributed by atoms with Gasteiger partial charge in [0.15, 0.2) is 0 Å². The predicted octanol–water partition coefficient (Wildman–Crippen LogP) is 0.890. The molecule has 3 atom stereocenters. The zero-order chi connectivity index (χ0) is 14.7. The van der Waals surface area contributed by atoms with Crippen molar-refractivity contribution in [1.82, 2.24) is 15.5 Å². The Hall–Kier alpha value is -1.10. The van der Waals surface area contributed by atoms with Gasteiger partial charge in [0.1, 0.15) is 6.04 Å². The first kappa shape index (κ1) is 15.3. The predicted molar refractivity (Wildman–Crippen MR) is 78.2 cm³/mol. The summed E-state index contributed by atoms with van der Waals surface area (Å²) in [7, 11) is 1.76. The number of amides is 2. The van der Waals surface area contributed by atoms with Gasteiger partial charge in [-0.1, -0.05) is 0 Å². The molecule has 2 amide bonds. The number of carbonyl (C=O) groups is 2. The monoisotopic (exact) mass is 281 g/mol. The molecule has 2 N–H and O–H groups in total. The third-order valence-electron chi connectivity index (χ3n) is 4.64. The van der Waals surface area contributed by atoms with Crippen molar-refractivity contribution in [3.8, 4) is 0 Å². The molecule has 0 aromatic heterocycles. The average molecular weight is 281 g/mol. The Bertz CT molecular complexity index is 360. The Kier molecular flexibility index (Phi) is 5.02. The number of rotatable bonds is 5. The molecule has 5 nitrogen and oxygen atoms in total. The molecular formula is C15H27N3O2. The van der Waals surface area contributed by atoms with Crippen LogP contribution in [0.15, 0.2) is 0 Å². The molecular weight excluding hydrogens is 254 g/mol. The minimum Gasteiger partial charge on any atom is -0.345 e. The molecule has 2 heterocycles. The first-order valence-corrected chi connectivity index (χ1v) is 7.80. The molecule has 2 bridgehead atoms. The van der Waals surface area contributed by atoms with Gasteiger partial charge in [0.2, 0.25) is 11.8 Å². The maximum atomic E-state index is 12.1. The fourth-order valence-electron chi connectivity index (χ4n) is 3.45. The van der Waals surface area contributed by atoms with E-state index < -0.39 is 6.04 Å². The minimum absolute atomic E-state index is 0.0154. The van der Waals surface area contributed by atoms with Crippen molar-refractivity contribution in [1.29, 1.82) is 0 Å². The highest BCUT2D eigenvalue weighted by Crippen LogP contribution is 2.32.